The van der Waals surface area contributed by atoms with E-state index in [0.29, 0.717) is 26.1 Å². The molecule has 23 heavy (non-hydrogen) atoms. The number of rotatable bonds is 3. The summed E-state index contributed by atoms with van der Waals surface area (Å²) < 4.78 is 18.7. The SMILES string of the molecule is Cl.O=C(CC1CSCCN1)N1CCOC(c2ccc(F)cc2)C1. The molecule has 2 aliphatic rings. The normalized spacial score (nSPS) is 24.8. The van der Waals surface area contributed by atoms with Crippen LogP contribution in [0.4, 0.5) is 4.39 Å². The van der Waals surface area contributed by atoms with Crippen LogP contribution in [0.5, 0.6) is 0 Å². The van der Waals surface area contributed by atoms with Crippen molar-refractivity contribution in [2.75, 3.05) is 37.7 Å². The van der Waals surface area contributed by atoms with Gasteiger partial charge in [-0.25, -0.2) is 4.39 Å². The van der Waals surface area contributed by atoms with Crippen LogP contribution in [0.25, 0.3) is 0 Å². The molecular weight excluding hydrogens is 339 g/mol. The number of nitrogens with one attached hydrogen (secondary N) is 1. The number of hydrogen-bond acceptors (Lipinski definition) is 4. The van der Waals surface area contributed by atoms with Gasteiger partial charge in [-0.1, -0.05) is 12.1 Å². The first kappa shape index (κ1) is 18.5. The Balaban J connectivity index is 0.00000192. The minimum atomic E-state index is -0.256. The Kier molecular flexibility index (Phi) is 7.14. The number of amides is 1. The summed E-state index contributed by atoms with van der Waals surface area (Å²) in [6, 6.07) is 6.60. The quantitative estimate of drug-likeness (QED) is 0.897. The first-order valence-electron chi connectivity index (χ1n) is 7.68. The van der Waals surface area contributed by atoms with Gasteiger partial charge in [0.25, 0.3) is 0 Å². The standard InChI is InChI=1S/C16H21FN2O2S.ClH/c17-13-3-1-12(2-4-13)15-10-19(6-7-21-15)16(20)9-14-11-22-8-5-18-14;/h1-4,14-15,18H,5-11H2;1H. The van der Waals surface area contributed by atoms with Gasteiger partial charge in [0, 0.05) is 37.1 Å². The molecule has 2 fully saturated rings. The van der Waals surface area contributed by atoms with Crippen LogP contribution in [-0.4, -0.2) is 54.6 Å². The van der Waals surface area contributed by atoms with Crippen LogP contribution >= 0.6 is 24.2 Å². The maximum absolute atomic E-state index is 13.0. The first-order valence-corrected chi connectivity index (χ1v) is 8.84. The Morgan fingerprint density at radius 1 is 1.39 bits per heavy atom. The zero-order valence-corrected chi connectivity index (χ0v) is 14.5. The van der Waals surface area contributed by atoms with Gasteiger partial charge < -0.3 is 15.0 Å². The van der Waals surface area contributed by atoms with Crippen molar-refractivity contribution in [3.05, 3.63) is 35.6 Å². The van der Waals surface area contributed by atoms with Gasteiger partial charge in [-0.3, -0.25) is 4.79 Å². The highest BCUT2D eigenvalue weighted by Gasteiger charge is 2.27. The fourth-order valence-corrected chi connectivity index (χ4v) is 3.79. The number of ether oxygens (including phenoxy) is 1. The number of thioether (sulfide) groups is 1. The second kappa shape index (κ2) is 8.87. The van der Waals surface area contributed by atoms with Crippen LogP contribution in [0.1, 0.15) is 18.1 Å². The van der Waals surface area contributed by atoms with E-state index in [9.17, 15) is 9.18 Å². The van der Waals surface area contributed by atoms with E-state index in [0.717, 1.165) is 23.6 Å². The van der Waals surface area contributed by atoms with Gasteiger partial charge in [-0.15, -0.1) is 12.4 Å². The lowest BCUT2D eigenvalue weighted by atomic mass is 10.1. The molecule has 2 saturated heterocycles. The molecule has 0 spiro atoms. The molecule has 1 aromatic rings. The second-order valence-electron chi connectivity index (χ2n) is 5.68. The summed E-state index contributed by atoms with van der Waals surface area (Å²) in [7, 11) is 0. The predicted molar refractivity (Wildman–Crippen MR) is 92.7 cm³/mol. The monoisotopic (exact) mass is 360 g/mol. The number of nitrogens with zero attached hydrogens (tertiary/aromatic N) is 1. The van der Waals surface area contributed by atoms with Crippen LogP contribution < -0.4 is 5.32 Å². The molecule has 1 amide bonds. The average Bonchev–Trinajstić information content (AvgIpc) is 2.56. The van der Waals surface area contributed by atoms with Gasteiger partial charge in [0.2, 0.25) is 5.91 Å². The van der Waals surface area contributed by atoms with E-state index in [2.05, 4.69) is 5.32 Å². The van der Waals surface area contributed by atoms with E-state index in [1.165, 1.54) is 12.1 Å². The van der Waals surface area contributed by atoms with Crippen LogP contribution in [0.2, 0.25) is 0 Å². The Bertz CT molecular complexity index is 511. The largest absolute Gasteiger partial charge is 0.370 e. The molecule has 2 aliphatic heterocycles. The Hall–Kier alpha value is -0.820. The third-order valence-electron chi connectivity index (χ3n) is 4.08. The summed E-state index contributed by atoms with van der Waals surface area (Å²) >= 11 is 1.90. The van der Waals surface area contributed by atoms with Crippen molar-refractivity contribution in [2.24, 2.45) is 0 Å². The molecule has 3 rings (SSSR count). The summed E-state index contributed by atoms with van der Waals surface area (Å²) in [6.07, 6.45) is 0.385. The number of hydrogen-bond donors (Lipinski definition) is 1. The van der Waals surface area contributed by atoms with Gasteiger partial charge in [-0.2, -0.15) is 11.8 Å². The molecule has 1 N–H and O–H groups in total. The lowest BCUT2D eigenvalue weighted by Crippen LogP contribution is -2.46. The van der Waals surface area contributed by atoms with Crippen molar-refractivity contribution in [1.82, 2.24) is 10.2 Å². The molecule has 0 saturated carbocycles. The smallest absolute Gasteiger partial charge is 0.224 e. The highest BCUT2D eigenvalue weighted by Crippen LogP contribution is 2.23. The zero-order valence-electron chi connectivity index (χ0n) is 12.9. The van der Waals surface area contributed by atoms with Gasteiger partial charge in [-0.05, 0) is 17.7 Å². The molecule has 0 aliphatic carbocycles. The van der Waals surface area contributed by atoms with Crippen LogP contribution in [0, 0.1) is 5.82 Å². The molecule has 0 radical (unpaired) electrons. The van der Waals surface area contributed by atoms with E-state index >= 15 is 0 Å². The van der Waals surface area contributed by atoms with Gasteiger partial charge in [0.1, 0.15) is 11.9 Å². The second-order valence-corrected chi connectivity index (χ2v) is 6.83. The Labute approximate surface area is 146 Å². The van der Waals surface area contributed by atoms with Crippen LogP contribution in [-0.2, 0) is 9.53 Å². The van der Waals surface area contributed by atoms with Crippen molar-refractivity contribution < 1.29 is 13.9 Å². The number of benzene rings is 1. The van der Waals surface area contributed by atoms with Gasteiger partial charge in [0.15, 0.2) is 0 Å². The third kappa shape index (κ3) is 5.08. The highest BCUT2D eigenvalue weighted by atomic mass is 35.5. The molecule has 2 atom stereocenters. The lowest BCUT2D eigenvalue weighted by molar-refractivity contribution is -0.139. The van der Waals surface area contributed by atoms with Crippen molar-refractivity contribution in [1.29, 1.82) is 0 Å². The summed E-state index contributed by atoms with van der Waals surface area (Å²) in [4.78, 5) is 14.3. The molecule has 4 nitrogen and oxygen atoms in total. The van der Waals surface area contributed by atoms with Crippen molar-refractivity contribution >= 4 is 30.1 Å². The Morgan fingerprint density at radius 2 is 2.17 bits per heavy atom. The average molecular weight is 361 g/mol. The molecule has 128 valence electrons. The molecule has 7 heteroatoms. The lowest BCUT2D eigenvalue weighted by Gasteiger charge is -2.34. The maximum Gasteiger partial charge on any atom is 0.224 e. The van der Waals surface area contributed by atoms with E-state index in [4.69, 9.17) is 4.74 Å². The molecule has 2 unspecified atom stereocenters. The molecule has 1 aromatic carbocycles. The molecule has 0 bridgehead atoms. The minimum absolute atomic E-state index is 0. The van der Waals surface area contributed by atoms with Crippen molar-refractivity contribution in [3.8, 4) is 0 Å². The van der Waals surface area contributed by atoms with Gasteiger partial charge >= 0.3 is 0 Å². The summed E-state index contributed by atoms with van der Waals surface area (Å²) in [5.41, 5.74) is 0.922. The van der Waals surface area contributed by atoms with Crippen LogP contribution in [0.3, 0.4) is 0 Å². The fraction of sp³-hybridized carbons (Fsp3) is 0.562. The number of morpholine rings is 1. The fourth-order valence-electron chi connectivity index (χ4n) is 2.85. The molecular formula is C16H22ClFN2O2S. The van der Waals surface area contributed by atoms with Crippen LogP contribution in [0.15, 0.2) is 24.3 Å². The third-order valence-corrected chi connectivity index (χ3v) is 5.21. The number of carbonyl (C=O) groups is 1. The minimum Gasteiger partial charge on any atom is -0.370 e. The Morgan fingerprint density at radius 3 is 2.87 bits per heavy atom. The van der Waals surface area contributed by atoms with Gasteiger partial charge in [0.05, 0.1) is 13.2 Å². The molecule has 0 aromatic heterocycles. The summed E-state index contributed by atoms with van der Waals surface area (Å²) in [6.45, 7) is 2.69. The molecule has 2 heterocycles. The summed E-state index contributed by atoms with van der Waals surface area (Å²) in [5.74, 6) is 2.04. The van der Waals surface area contributed by atoms with Crippen molar-refractivity contribution in [2.45, 2.75) is 18.6 Å². The van der Waals surface area contributed by atoms with E-state index in [1.54, 1.807) is 12.1 Å². The summed E-state index contributed by atoms with van der Waals surface area (Å²) in [5, 5.41) is 3.40. The topological polar surface area (TPSA) is 41.6 Å². The highest BCUT2D eigenvalue weighted by molar-refractivity contribution is 7.99. The van der Waals surface area contributed by atoms with E-state index < -0.39 is 0 Å². The predicted octanol–water partition coefficient (Wildman–Crippen LogP) is 2.24. The van der Waals surface area contributed by atoms with Crippen molar-refractivity contribution in [3.63, 3.8) is 0 Å². The number of halogens is 2. The van der Waals surface area contributed by atoms with E-state index in [1.807, 2.05) is 16.7 Å². The van der Waals surface area contributed by atoms with E-state index in [-0.39, 0.29) is 36.3 Å². The number of carbonyl (C=O) groups excluding carboxylic acids is 1. The zero-order chi connectivity index (χ0) is 15.4. The first-order chi connectivity index (χ1) is 10.7. The maximum atomic E-state index is 13.0.